The van der Waals surface area contributed by atoms with Gasteiger partial charge in [-0.2, -0.15) is 0 Å². The van der Waals surface area contributed by atoms with Gasteiger partial charge in [0.1, 0.15) is 8.07 Å². The second-order valence-corrected chi connectivity index (χ2v) is 14.5. The van der Waals surface area contributed by atoms with Crippen molar-refractivity contribution in [2.75, 3.05) is 13.1 Å². The number of carbonyl (C=O) groups is 2. The first kappa shape index (κ1) is 22.4. The summed E-state index contributed by atoms with van der Waals surface area (Å²) in [6, 6.07) is 8.84. The Morgan fingerprint density at radius 1 is 1.00 bits per heavy atom. The van der Waals surface area contributed by atoms with Gasteiger partial charge >= 0.3 is 0 Å². The Hall–Kier alpha value is -1.86. The van der Waals surface area contributed by atoms with Crippen LogP contribution in [0.5, 0.6) is 0 Å². The van der Waals surface area contributed by atoms with Crippen LogP contribution >= 0.6 is 0 Å². The van der Waals surface area contributed by atoms with E-state index in [0.717, 1.165) is 12.8 Å². The van der Waals surface area contributed by atoms with Gasteiger partial charge in [-0.1, -0.05) is 71.9 Å². The molecule has 0 saturated carbocycles. The summed E-state index contributed by atoms with van der Waals surface area (Å²) in [5.74, 6) is 2.94. The summed E-state index contributed by atoms with van der Waals surface area (Å²) in [5.41, 5.74) is 6.05. The average molecular weight is 398 g/mol. The molecule has 0 radical (unpaired) electrons. The van der Waals surface area contributed by atoms with Gasteiger partial charge in [0, 0.05) is 24.6 Å². The third-order valence-corrected chi connectivity index (χ3v) is 12.6. The lowest BCUT2D eigenvalue weighted by molar-refractivity contribution is -0.127. The van der Waals surface area contributed by atoms with Crippen LogP contribution in [0.3, 0.4) is 0 Å². The van der Waals surface area contributed by atoms with Gasteiger partial charge in [0.05, 0.1) is 0 Å². The second kappa shape index (κ2) is 9.56. The summed E-state index contributed by atoms with van der Waals surface area (Å²) in [4.78, 5) is 26.9. The number of carbonyl (C=O) groups excluding carboxylic acids is 2. The Kier molecular flexibility index (Phi) is 7.66. The van der Waals surface area contributed by atoms with E-state index in [1.54, 1.807) is 29.2 Å². The molecule has 2 rings (SSSR count). The van der Waals surface area contributed by atoms with Gasteiger partial charge in [0.15, 0.2) is 0 Å². The van der Waals surface area contributed by atoms with Crippen molar-refractivity contribution in [3.05, 3.63) is 35.9 Å². The summed E-state index contributed by atoms with van der Waals surface area (Å²) < 4.78 is 0. The van der Waals surface area contributed by atoms with E-state index in [1.165, 1.54) is 0 Å². The Bertz CT molecular complexity index is 721. The van der Waals surface area contributed by atoms with E-state index in [2.05, 4.69) is 53.0 Å². The van der Waals surface area contributed by atoms with Crippen LogP contribution in [0.1, 0.15) is 64.7 Å². The highest BCUT2D eigenvalue weighted by Crippen LogP contribution is 2.40. The molecule has 3 nitrogen and oxygen atoms in total. The van der Waals surface area contributed by atoms with Crippen molar-refractivity contribution in [1.29, 1.82) is 0 Å². The summed E-state index contributed by atoms with van der Waals surface area (Å²) in [6.07, 6.45) is 1.92. The number of rotatable bonds is 5. The van der Waals surface area contributed by atoms with Crippen LogP contribution in [0.25, 0.3) is 0 Å². The van der Waals surface area contributed by atoms with E-state index in [0.29, 0.717) is 35.3 Å². The summed E-state index contributed by atoms with van der Waals surface area (Å²) in [5, 5.41) is 0. The fourth-order valence-corrected chi connectivity index (χ4v) is 10.1. The Morgan fingerprint density at radius 3 is 2.11 bits per heavy atom. The second-order valence-electron chi connectivity index (χ2n) is 8.95. The fourth-order valence-electron chi connectivity index (χ4n) is 4.80. The third kappa shape index (κ3) is 4.75. The molecular formula is C24H35NO2Si. The number of nitrogens with zero attached hydrogens (tertiary/aromatic N) is 1. The number of likely N-dealkylation sites (tertiary alicyclic amines) is 1. The molecular weight excluding hydrogens is 362 g/mol. The van der Waals surface area contributed by atoms with Gasteiger partial charge in [-0.25, -0.2) is 0 Å². The van der Waals surface area contributed by atoms with Crippen molar-refractivity contribution in [2.45, 2.75) is 71.0 Å². The molecule has 1 unspecified atom stereocenters. The van der Waals surface area contributed by atoms with Crippen LogP contribution in [0.15, 0.2) is 30.3 Å². The first-order chi connectivity index (χ1) is 13.2. The van der Waals surface area contributed by atoms with E-state index in [-0.39, 0.29) is 5.92 Å². The standard InChI is InChI=1S/C24H35NO2Si/c1-18(2)28(19(3)4,20(5)6)16-14-21-11-10-15-25(17-21)24(27)23(26)22-12-8-7-9-13-22/h7-9,12-13,18-21H,10-11,15,17H2,1-6H3. The molecule has 0 aromatic heterocycles. The van der Waals surface area contributed by atoms with Crippen LogP contribution in [-0.2, 0) is 4.79 Å². The van der Waals surface area contributed by atoms with Crippen LogP contribution < -0.4 is 0 Å². The number of piperidine rings is 1. The monoisotopic (exact) mass is 397 g/mol. The fraction of sp³-hybridized carbons (Fsp3) is 0.583. The molecule has 152 valence electrons. The van der Waals surface area contributed by atoms with E-state index in [4.69, 9.17) is 0 Å². The molecule has 1 aromatic rings. The normalized spacial score (nSPS) is 17.6. The maximum atomic E-state index is 12.7. The highest BCUT2D eigenvalue weighted by atomic mass is 28.3. The van der Waals surface area contributed by atoms with Crippen molar-refractivity contribution in [3.8, 4) is 11.5 Å². The van der Waals surface area contributed by atoms with E-state index >= 15 is 0 Å². The van der Waals surface area contributed by atoms with Crippen molar-refractivity contribution < 1.29 is 9.59 Å². The molecule has 1 amide bonds. The highest BCUT2D eigenvalue weighted by Gasteiger charge is 2.42. The molecule has 1 aliphatic rings. The zero-order chi connectivity index (χ0) is 20.9. The highest BCUT2D eigenvalue weighted by molar-refractivity contribution is 6.90. The van der Waals surface area contributed by atoms with Crippen molar-refractivity contribution in [1.82, 2.24) is 4.90 Å². The first-order valence-corrected chi connectivity index (χ1v) is 12.8. The maximum absolute atomic E-state index is 12.7. The van der Waals surface area contributed by atoms with Gasteiger partial charge < -0.3 is 4.90 Å². The third-order valence-electron chi connectivity index (χ3n) is 6.30. The van der Waals surface area contributed by atoms with E-state index in [9.17, 15) is 9.59 Å². The van der Waals surface area contributed by atoms with Crippen LogP contribution in [0, 0.1) is 17.4 Å². The average Bonchev–Trinajstić information content (AvgIpc) is 2.67. The lowest BCUT2D eigenvalue weighted by atomic mass is 9.98. The molecule has 0 bridgehead atoms. The van der Waals surface area contributed by atoms with Crippen molar-refractivity contribution in [2.24, 2.45) is 5.92 Å². The maximum Gasteiger partial charge on any atom is 0.294 e. The van der Waals surface area contributed by atoms with Crippen molar-refractivity contribution in [3.63, 3.8) is 0 Å². The lowest BCUT2D eigenvalue weighted by Gasteiger charge is -2.38. The molecule has 1 saturated heterocycles. The molecule has 1 aliphatic heterocycles. The molecule has 1 heterocycles. The van der Waals surface area contributed by atoms with E-state index < -0.39 is 19.8 Å². The number of hydrogen-bond donors (Lipinski definition) is 0. The predicted molar refractivity (Wildman–Crippen MR) is 119 cm³/mol. The summed E-state index contributed by atoms with van der Waals surface area (Å²) >= 11 is 0. The molecule has 0 spiro atoms. The number of Topliss-reactive ketones (excluding diaryl/α,β-unsaturated/α-hetero) is 1. The minimum atomic E-state index is -1.77. The molecule has 1 fully saturated rings. The largest absolute Gasteiger partial charge is 0.335 e. The summed E-state index contributed by atoms with van der Waals surface area (Å²) in [6.45, 7) is 15.1. The number of hydrogen-bond acceptors (Lipinski definition) is 2. The van der Waals surface area contributed by atoms with Crippen LogP contribution in [0.4, 0.5) is 0 Å². The topological polar surface area (TPSA) is 37.4 Å². The van der Waals surface area contributed by atoms with Crippen LogP contribution in [-0.4, -0.2) is 37.8 Å². The van der Waals surface area contributed by atoms with E-state index in [1.807, 2.05) is 6.07 Å². The van der Waals surface area contributed by atoms with Crippen molar-refractivity contribution >= 4 is 19.8 Å². The number of ketones is 1. The minimum Gasteiger partial charge on any atom is -0.335 e. The minimum absolute atomic E-state index is 0.171. The Balaban J connectivity index is 2.17. The summed E-state index contributed by atoms with van der Waals surface area (Å²) in [7, 11) is -1.77. The van der Waals surface area contributed by atoms with Gasteiger partial charge in [-0.15, -0.1) is 11.5 Å². The van der Waals surface area contributed by atoms with Gasteiger partial charge in [0.2, 0.25) is 5.78 Å². The Morgan fingerprint density at radius 2 is 1.57 bits per heavy atom. The molecule has 28 heavy (non-hydrogen) atoms. The number of benzene rings is 1. The number of amides is 1. The molecule has 0 aliphatic carbocycles. The zero-order valence-electron chi connectivity index (χ0n) is 18.3. The molecule has 0 N–H and O–H groups in total. The first-order valence-electron chi connectivity index (χ1n) is 10.6. The molecule has 1 aromatic carbocycles. The van der Waals surface area contributed by atoms with Gasteiger partial charge in [-0.3, -0.25) is 9.59 Å². The smallest absolute Gasteiger partial charge is 0.294 e. The SMILES string of the molecule is CC(C)[Si](C#CC1CCCN(C(=O)C(=O)c2ccccc2)C1)(C(C)C)C(C)C. The van der Waals surface area contributed by atoms with Gasteiger partial charge in [0.25, 0.3) is 5.91 Å². The van der Waals surface area contributed by atoms with Gasteiger partial charge in [-0.05, 0) is 29.5 Å². The zero-order valence-corrected chi connectivity index (χ0v) is 19.3. The quantitative estimate of drug-likeness (QED) is 0.291. The predicted octanol–water partition coefficient (Wildman–Crippen LogP) is 5.33. The van der Waals surface area contributed by atoms with Crippen LogP contribution in [0.2, 0.25) is 16.6 Å². The molecule has 1 atom stereocenters. The lowest BCUT2D eigenvalue weighted by Crippen LogP contribution is -2.45. The molecule has 4 heteroatoms. The Labute approximate surface area is 171 Å².